The Balaban J connectivity index is 1.64. The molecule has 0 spiro atoms. The van der Waals surface area contributed by atoms with Crippen LogP contribution >= 0.6 is 0 Å². The van der Waals surface area contributed by atoms with Crippen LogP contribution in [0.1, 0.15) is 29.5 Å². The lowest BCUT2D eigenvalue weighted by Crippen LogP contribution is -2.32. The van der Waals surface area contributed by atoms with E-state index in [0.29, 0.717) is 17.7 Å². The molecule has 3 rings (SSSR count). The zero-order valence-electron chi connectivity index (χ0n) is 14.2. The summed E-state index contributed by atoms with van der Waals surface area (Å²) >= 11 is 0. The van der Waals surface area contributed by atoms with E-state index in [1.165, 1.54) is 6.33 Å². The second kappa shape index (κ2) is 7.60. The van der Waals surface area contributed by atoms with Crippen LogP contribution in [0.25, 0.3) is 5.69 Å². The number of aryl methyl sites for hydroxylation is 1. The van der Waals surface area contributed by atoms with Crippen LogP contribution in [-0.4, -0.2) is 37.9 Å². The monoisotopic (exact) mass is 355 g/mol. The molecule has 0 aliphatic rings. The maximum Gasteiger partial charge on any atom is 0.338 e. The summed E-state index contributed by atoms with van der Waals surface area (Å²) in [5.41, 5.74) is 1.09. The lowest BCUT2D eigenvalue weighted by atomic mass is 10.2. The Morgan fingerprint density at radius 2 is 2.08 bits per heavy atom. The average molecular weight is 355 g/mol. The summed E-state index contributed by atoms with van der Waals surface area (Å²) in [7, 11) is 0. The van der Waals surface area contributed by atoms with Crippen molar-refractivity contribution in [2.75, 3.05) is 5.32 Å². The highest BCUT2D eigenvalue weighted by atomic mass is 16.5. The molecule has 0 saturated carbocycles. The minimum absolute atomic E-state index is 0.277. The van der Waals surface area contributed by atoms with Gasteiger partial charge in [0.25, 0.3) is 5.91 Å². The Bertz CT molecular complexity index is 886. The van der Waals surface area contributed by atoms with E-state index in [1.807, 2.05) is 0 Å². The summed E-state index contributed by atoms with van der Waals surface area (Å²) in [5.74, 6) is -0.209. The molecule has 0 radical (unpaired) electrons. The number of hydrogen-bond donors (Lipinski definition) is 1. The first-order chi connectivity index (χ1) is 12.6. The molecule has 9 nitrogen and oxygen atoms in total. The van der Waals surface area contributed by atoms with E-state index in [9.17, 15) is 9.59 Å². The van der Waals surface area contributed by atoms with E-state index in [2.05, 4.69) is 20.6 Å². The summed E-state index contributed by atoms with van der Waals surface area (Å²) in [6, 6.07) is 8.21. The highest BCUT2D eigenvalue weighted by Gasteiger charge is 2.23. The molecule has 2 heterocycles. The van der Waals surface area contributed by atoms with Gasteiger partial charge in [0.15, 0.2) is 11.9 Å². The Kier molecular flexibility index (Phi) is 5.07. The molecule has 1 unspecified atom stereocenters. The van der Waals surface area contributed by atoms with Crippen LogP contribution in [0.15, 0.2) is 47.5 Å². The smallest absolute Gasteiger partial charge is 0.338 e. The number of carbonyl (C=O) groups is 2. The molecule has 1 aromatic carbocycles. The largest absolute Gasteiger partial charge is 0.449 e. The summed E-state index contributed by atoms with van der Waals surface area (Å²) in [6.07, 6.45) is 2.36. The molecule has 2 aromatic heterocycles. The average Bonchev–Trinajstić information content (AvgIpc) is 3.31. The Morgan fingerprint density at radius 1 is 1.31 bits per heavy atom. The van der Waals surface area contributed by atoms with E-state index < -0.39 is 18.0 Å². The van der Waals surface area contributed by atoms with Crippen molar-refractivity contribution in [3.63, 3.8) is 0 Å². The minimum Gasteiger partial charge on any atom is -0.449 e. The van der Waals surface area contributed by atoms with E-state index in [4.69, 9.17) is 9.26 Å². The van der Waals surface area contributed by atoms with E-state index in [-0.39, 0.29) is 5.82 Å². The topological polar surface area (TPSA) is 112 Å². The van der Waals surface area contributed by atoms with Gasteiger partial charge in [-0.2, -0.15) is 5.10 Å². The van der Waals surface area contributed by atoms with Crippen molar-refractivity contribution in [1.82, 2.24) is 19.9 Å². The Hall–Kier alpha value is -3.49. The fourth-order valence-electron chi connectivity index (χ4n) is 2.24. The number of anilines is 1. The molecule has 134 valence electrons. The number of nitrogens with one attached hydrogen (secondary N) is 1. The van der Waals surface area contributed by atoms with Crippen LogP contribution < -0.4 is 5.32 Å². The second-order valence-corrected chi connectivity index (χ2v) is 5.50. The van der Waals surface area contributed by atoms with Crippen LogP contribution in [-0.2, 0) is 9.53 Å². The number of amides is 1. The first-order valence-corrected chi connectivity index (χ1v) is 7.97. The lowest BCUT2D eigenvalue weighted by molar-refractivity contribution is -0.124. The molecular weight excluding hydrogens is 338 g/mol. The third-order valence-electron chi connectivity index (χ3n) is 3.58. The van der Waals surface area contributed by atoms with Gasteiger partial charge in [0.05, 0.1) is 11.3 Å². The summed E-state index contributed by atoms with van der Waals surface area (Å²) in [4.78, 5) is 28.4. The first kappa shape index (κ1) is 17.3. The highest BCUT2D eigenvalue weighted by molar-refractivity contribution is 5.97. The van der Waals surface area contributed by atoms with E-state index >= 15 is 0 Å². The van der Waals surface area contributed by atoms with Gasteiger partial charge < -0.3 is 14.6 Å². The van der Waals surface area contributed by atoms with Crippen molar-refractivity contribution < 1.29 is 18.8 Å². The number of carbonyl (C=O) groups excluding carboxylic acids is 2. The van der Waals surface area contributed by atoms with Crippen LogP contribution in [0.5, 0.6) is 0 Å². The van der Waals surface area contributed by atoms with Crippen LogP contribution in [0, 0.1) is 6.92 Å². The molecule has 0 saturated heterocycles. The standard InChI is InChI=1S/C17H17N5O4/c1-3-14(16(23)20-15-8-11(2)26-21-15)25-17(24)12-4-6-13(7-5-12)22-10-18-9-19-22/h4-10,14H,3H2,1-2H3,(H,20,21,23). The zero-order valence-corrected chi connectivity index (χ0v) is 14.2. The van der Waals surface area contributed by atoms with Gasteiger partial charge in [-0.05, 0) is 37.6 Å². The van der Waals surface area contributed by atoms with Gasteiger partial charge in [0.1, 0.15) is 18.4 Å². The normalized spacial score (nSPS) is 11.8. The van der Waals surface area contributed by atoms with Crippen LogP contribution in [0.4, 0.5) is 5.82 Å². The third kappa shape index (κ3) is 3.94. The summed E-state index contributed by atoms with van der Waals surface area (Å²) in [5, 5.41) is 10.3. The number of benzene rings is 1. The van der Waals surface area contributed by atoms with Crippen molar-refractivity contribution in [3.05, 3.63) is 54.3 Å². The third-order valence-corrected chi connectivity index (χ3v) is 3.58. The Morgan fingerprint density at radius 3 is 2.65 bits per heavy atom. The van der Waals surface area contributed by atoms with Crippen molar-refractivity contribution in [2.45, 2.75) is 26.4 Å². The first-order valence-electron chi connectivity index (χ1n) is 7.97. The predicted octanol–water partition coefficient (Wildman–Crippen LogP) is 2.14. The molecule has 1 amide bonds. The fraction of sp³-hybridized carbons (Fsp3) is 0.235. The second-order valence-electron chi connectivity index (χ2n) is 5.50. The number of ether oxygens (including phenoxy) is 1. The molecule has 9 heteroatoms. The van der Waals surface area contributed by atoms with Gasteiger partial charge in [0, 0.05) is 6.07 Å². The molecule has 0 aliphatic carbocycles. The number of nitrogens with zero attached hydrogens (tertiary/aromatic N) is 4. The minimum atomic E-state index is -0.936. The fourth-order valence-corrected chi connectivity index (χ4v) is 2.24. The van der Waals surface area contributed by atoms with Crippen LogP contribution in [0.3, 0.4) is 0 Å². The quantitative estimate of drug-likeness (QED) is 0.674. The molecule has 0 bridgehead atoms. The van der Waals surface area contributed by atoms with Gasteiger partial charge in [-0.3, -0.25) is 4.79 Å². The highest BCUT2D eigenvalue weighted by Crippen LogP contribution is 2.13. The lowest BCUT2D eigenvalue weighted by Gasteiger charge is -2.15. The maximum absolute atomic E-state index is 12.3. The van der Waals surface area contributed by atoms with E-state index in [0.717, 1.165) is 5.69 Å². The van der Waals surface area contributed by atoms with Gasteiger partial charge in [-0.1, -0.05) is 12.1 Å². The molecule has 1 atom stereocenters. The van der Waals surface area contributed by atoms with Crippen LogP contribution in [0.2, 0.25) is 0 Å². The Labute approximate surface area is 149 Å². The molecule has 1 N–H and O–H groups in total. The number of rotatable bonds is 6. The molecule has 3 aromatic rings. The molecule has 0 aliphatic heterocycles. The van der Waals surface area contributed by atoms with Gasteiger partial charge >= 0.3 is 5.97 Å². The van der Waals surface area contributed by atoms with Crippen molar-refractivity contribution in [1.29, 1.82) is 0 Å². The van der Waals surface area contributed by atoms with Gasteiger partial charge in [-0.25, -0.2) is 14.5 Å². The molecule has 26 heavy (non-hydrogen) atoms. The summed E-state index contributed by atoms with van der Waals surface area (Å²) in [6.45, 7) is 3.46. The predicted molar refractivity (Wildman–Crippen MR) is 90.7 cm³/mol. The number of hydrogen-bond acceptors (Lipinski definition) is 7. The van der Waals surface area contributed by atoms with E-state index in [1.54, 1.807) is 55.2 Å². The van der Waals surface area contributed by atoms with Crippen molar-refractivity contribution >= 4 is 17.7 Å². The van der Waals surface area contributed by atoms with Gasteiger partial charge in [0.2, 0.25) is 0 Å². The SMILES string of the molecule is CCC(OC(=O)c1ccc(-n2cncn2)cc1)C(=O)Nc1cc(C)on1. The molecular formula is C17H17N5O4. The van der Waals surface area contributed by atoms with Crippen molar-refractivity contribution in [3.8, 4) is 5.69 Å². The number of aromatic nitrogens is 4. The zero-order chi connectivity index (χ0) is 18.5. The van der Waals surface area contributed by atoms with Crippen molar-refractivity contribution in [2.24, 2.45) is 0 Å². The summed E-state index contributed by atoms with van der Waals surface area (Å²) < 4.78 is 11.8. The van der Waals surface area contributed by atoms with Gasteiger partial charge in [-0.15, -0.1) is 0 Å². The maximum atomic E-state index is 12.3. The molecule has 0 fully saturated rings. The number of esters is 1.